The van der Waals surface area contributed by atoms with E-state index in [1.807, 2.05) is 0 Å². The van der Waals surface area contributed by atoms with Gasteiger partial charge in [0.25, 0.3) is 0 Å². The summed E-state index contributed by atoms with van der Waals surface area (Å²) in [5.74, 6) is 3.01. The first-order valence-corrected chi connectivity index (χ1v) is 6.77. The van der Waals surface area contributed by atoms with E-state index in [0.717, 1.165) is 24.4 Å². The van der Waals surface area contributed by atoms with Gasteiger partial charge in [0.1, 0.15) is 5.78 Å². The molecule has 0 N–H and O–H groups in total. The highest BCUT2D eigenvalue weighted by molar-refractivity contribution is 5.75. The lowest BCUT2D eigenvalue weighted by Crippen LogP contribution is -2.49. The summed E-state index contributed by atoms with van der Waals surface area (Å²) < 4.78 is 11.1. The summed E-state index contributed by atoms with van der Waals surface area (Å²) in [6.07, 6.45) is 5.64. The Kier molecular flexibility index (Phi) is 2.79. The number of ketones is 1. The molecule has 3 saturated carbocycles. The van der Waals surface area contributed by atoms with Crippen molar-refractivity contribution in [2.45, 2.75) is 45.3 Å². The van der Waals surface area contributed by atoms with Crippen LogP contribution in [-0.2, 0) is 14.3 Å². The first-order valence-electron chi connectivity index (χ1n) is 6.77. The van der Waals surface area contributed by atoms with Gasteiger partial charge < -0.3 is 9.47 Å². The summed E-state index contributed by atoms with van der Waals surface area (Å²) in [6.45, 7) is 2.39. The van der Waals surface area contributed by atoms with Crippen LogP contribution < -0.4 is 0 Å². The number of carbonyl (C=O) groups excluding carboxylic acids is 1. The number of rotatable bonds is 6. The van der Waals surface area contributed by atoms with Gasteiger partial charge in [-0.25, -0.2) is 0 Å². The Hall–Kier alpha value is -0.410. The van der Waals surface area contributed by atoms with Crippen molar-refractivity contribution >= 4 is 5.78 Å². The third-order valence-electron chi connectivity index (χ3n) is 5.22. The number of ether oxygens (including phenoxy) is 2. The minimum atomic E-state index is -0.333. The third kappa shape index (κ3) is 1.84. The summed E-state index contributed by atoms with van der Waals surface area (Å²) in [6, 6.07) is 0. The standard InChI is InChI=1S/C14H22O3/c1-9(15)3-13(16-2)17-8-14-6-10-4-11(7-14)12(14)5-10/h10-13H,3-8H2,1-2H3. The van der Waals surface area contributed by atoms with Crippen LogP contribution in [0.5, 0.6) is 0 Å². The maximum absolute atomic E-state index is 11.1. The molecule has 0 radical (unpaired) electrons. The topological polar surface area (TPSA) is 35.5 Å². The van der Waals surface area contributed by atoms with Gasteiger partial charge in [-0.05, 0) is 55.8 Å². The molecule has 3 aliphatic carbocycles. The molecule has 5 atom stereocenters. The Balaban J connectivity index is 1.53. The molecule has 3 heteroatoms. The molecule has 17 heavy (non-hydrogen) atoms. The van der Waals surface area contributed by atoms with Crippen molar-refractivity contribution in [3.05, 3.63) is 0 Å². The van der Waals surface area contributed by atoms with Crippen molar-refractivity contribution < 1.29 is 14.3 Å². The predicted molar refractivity (Wildman–Crippen MR) is 63.4 cm³/mol. The van der Waals surface area contributed by atoms with Crippen LogP contribution >= 0.6 is 0 Å². The van der Waals surface area contributed by atoms with E-state index in [4.69, 9.17) is 9.47 Å². The molecule has 0 heterocycles. The lowest BCUT2D eigenvalue weighted by Gasteiger charge is -2.53. The molecular weight excluding hydrogens is 216 g/mol. The maximum atomic E-state index is 11.1. The Morgan fingerprint density at radius 3 is 2.76 bits per heavy atom. The molecule has 0 aliphatic heterocycles. The normalized spacial score (nSPS) is 43.5. The Bertz CT molecular complexity index is 327. The van der Waals surface area contributed by atoms with Crippen LogP contribution in [0, 0.1) is 23.2 Å². The molecule has 3 fully saturated rings. The average molecular weight is 238 g/mol. The van der Waals surface area contributed by atoms with Gasteiger partial charge in [-0.2, -0.15) is 0 Å². The van der Waals surface area contributed by atoms with Crippen molar-refractivity contribution in [1.82, 2.24) is 0 Å². The fraction of sp³-hybridized carbons (Fsp3) is 0.929. The van der Waals surface area contributed by atoms with E-state index in [1.54, 1.807) is 14.0 Å². The number of hydrogen-bond acceptors (Lipinski definition) is 3. The number of Topliss-reactive ketones (excluding diaryl/α,β-unsaturated/α-hetero) is 1. The summed E-state index contributed by atoms with van der Waals surface area (Å²) >= 11 is 0. The van der Waals surface area contributed by atoms with E-state index in [2.05, 4.69) is 0 Å². The molecule has 2 bridgehead atoms. The van der Waals surface area contributed by atoms with Gasteiger partial charge in [-0.3, -0.25) is 4.79 Å². The van der Waals surface area contributed by atoms with Crippen LogP contribution in [0.3, 0.4) is 0 Å². The highest BCUT2D eigenvalue weighted by Crippen LogP contribution is 2.70. The number of fused-ring (bicyclic) bond motifs is 1. The second-order valence-electron chi connectivity index (χ2n) is 6.36. The van der Waals surface area contributed by atoms with Gasteiger partial charge in [0.2, 0.25) is 0 Å². The Morgan fingerprint density at radius 1 is 1.41 bits per heavy atom. The smallest absolute Gasteiger partial charge is 0.164 e. The van der Waals surface area contributed by atoms with Crippen LogP contribution in [0.4, 0.5) is 0 Å². The van der Waals surface area contributed by atoms with Crippen LogP contribution in [0.15, 0.2) is 0 Å². The SMILES string of the molecule is COC(CC(C)=O)OCC12CC3CC(C1)C2C3. The van der Waals surface area contributed by atoms with Crippen LogP contribution in [0.2, 0.25) is 0 Å². The molecule has 0 amide bonds. The predicted octanol–water partition coefficient (Wildman–Crippen LogP) is 2.39. The zero-order chi connectivity index (χ0) is 12.0. The summed E-state index contributed by atoms with van der Waals surface area (Å²) in [7, 11) is 1.62. The first-order chi connectivity index (χ1) is 8.13. The van der Waals surface area contributed by atoms with Crippen LogP contribution in [-0.4, -0.2) is 25.8 Å². The highest BCUT2D eigenvalue weighted by atomic mass is 16.7. The van der Waals surface area contributed by atoms with Crippen molar-refractivity contribution in [1.29, 1.82) is 0 Å². The van der Waals surface area contributed by atoms with Crippen LogP contribution in [0.25, 0.3) is 0 Å². The molecule has 0 aromatic carbocycles. The molecule has 0 spiro atoms. The largest absolute Gasteiger partial charge is 0.355 e. The fourth-order valence-corrected chi connectivity index (χ4v) is 4.63. The zero-order valence-corrected chi connectivity index (χ0v) is 10.8. The van der Waals surface area contributed by atoms with E-state index in [1.165, 1.54) is 25.7 Å². The number of carbonyl (C=O) groups is 1. The lowest BCUT2D eigenvalue weighted by atomic mass is 9.53. The summed E-state index contributed by atoms with van der Waals surface area (Å²) in [5, 5.41) is 0. The van der Waals surface area contributed by atoms with E-state index >= 15 is 0 Å². The fourth-order valence-electron chi connectivity index (χ4n) is 4.63. The van der Waals surface area contributed by atoms with Gasteiger partial charge in [-0.15, -0.1) is 0 Å². The Morgan fingerprint density at radius 2 is 2.24 bits per heavy atom. The highest BCUT2D eigenvalue weighted by Gasteiger charge is 2.64. The maximum Gasteiger partial charge on any atom is 0.164 e. The van der Waals surface area contributed by atoms with Gasteiger partial charge >= 0.3 is 0 Å². The molecule has 5 unspecified atom stereocenters. The molecular formula is C14H22O3. The zero-order valence-electron chi connectivity index (χ0n) is 10.8. The molecule has 3 aliphatic rings. The van der Waals surface area contributed by atoms with Gasteiger partial charge in [0, 0.05) is 7.11 Å². The number of methoxy groups -OCH3 is 1. The second kappa shape index (κ2) is 4.06. The molecule has 3 nitrogen and oxygen atoms in total. The van der Waals surface area contributed by atoms with Gasteiger partial charge in [-0.1, -0.05) is 0 Å². The third-order valence-corrected chi connectivity index (χ3v) is 5.22. The summed E-state index contributed by atoms with van der Waals surface area (Å²) in [4.78, 5) is 11.1. The quantitative estimate of drug-likeness (QED) is 0.666. The average Bonchev–Trinajstić information content (AvgIpc) is 2.75. The summed E-state index contributed by atoms with van der Waals surface area (Å²) in [5.41, 5.74) is 0.459. The molecule has 96 valence electrons. The monoisotopic (exact) mass is 238 g/mol. The van der Waals surface area contributed by atoms with Crippen LogP contribution in [0.1, 0.15) is 39.0 Å². The molecule has 0 aromatic rings. The van der Waals surface area contributed by atoms with Crippen molar-refractivity contribution in [3.63, 3.8) is 0 Å². The molecule has 0 saturated heterocycles. The number of hydrogen-bond donors (Lipinski definition) is 0. The van der Waals surface area contributed by atoms with Gasteiger partial charge in [0.15, 0.2) is 6.29 Å². The van der Waals surface area contributed by atoms with E-state index in [-0.39, 0.29) is 12.1 Å². The lowest BCUT2D eigenvalue weighted by molar-refractivity contribution is -0.184. The van der Waals surface area contributed by atoms with Crippen molar-refractivity contribution in [3.8, 4) is 0 Å². The van der Waals surface area contributed by atoms with Crippen molar-refractivity contribution in [2.24, 2.45) is 23.2 Å². The first kappa shape index (κ1) is 11.7. The van der Waals surface area contributed by atoms with Gasteiger partial charge in [0.05, 0.1) is 13.0 Å². The van der Waals surface area contributed by atoms with E-state index in [0.29, 0.717) is 11.8 Å². The molecule has 0 aromatic heterocycles. The van der Waals surface area contributed by atoms with Crippen molar-refractivity contribution in [2.75, 3.05) is 13.7 Å². The minimum Gasteiger partial charge on any atom is -0.355 e. The molecule has 3 rings (SSSR count). The van der Waals surface area contributed by atoms with E-state index < -0.39 is 0 Å². The van der Waals surface area contributed by atoms with E-state index in [9.17, 15) is 4.79 Å². The Labute approximate surface area is 103 Å². The second-order valence-corrected chi connectivity index (χ2v) is 6.36. The minimum absolute atomic E-state index is 0.133.